The Hall–Kier alpha value is -2.79. The Morgan fingerprint density at radius 2 is 1.36 bits per heavy atom. The van der Waals surface area contributed by atoms with Crippen LogP contribution in [0.5, 0.6) is 0 Å². The average molecular weight is 353 g/mol. The largest absolute Gasteiger partial charge is 0.285 e. The van der Waals surface area contributed by atoms with Crippen LogP contribution in [0.15, 0.2) is 93.0 Å². The van der Waals surface area contributed by atoms with Gasteiger partial charge in [0.2, 0.25) is 0 Å². The summed E-state index contributed by atoms with van der Waals surface area (Å²) in [5.41, 5.74) is 1.35. The fraction of sp³-hybridized carbons (Fsp3) is 0.0500. The van der Waals surface area contributed by atoms with Crippen molar-refractivity contribution in [2.75, 3.05) is 0 Å². The Kier molecular flexibility index (Phi) is 4.76. The highest BCUT2D eigenvalue weighted by molar-refractivity contribution is 7.94. The Morgan fingerprint density at radius 3 is 1.92 bits per heavy atom. The van der Waals surface area contributed by atoms with Crippen molar-refractivity contribution in [1.82, 2.24) is 0 Å². The molecule has 126 valence electrons. The minimum Gasteiger partial charge on any atom is -0.266 e. The summed E-state index contributed by atoms with van der Waals surface area (Å²) in [6.45, 7) is 1.91. The minimum atomic E-state index is -3.22. The highest BCUT2D eigenvalue weighted by Gasteiger charge is 2.19. The Morgan fingerprint density at radius 1 is 0.840 bits per heavy atom. The summed E-state index contributed by atoms with van der Waals surface area (Å²) in [6, 6.07) is 20.7. The summed E-state index contributed by atoms with van der Waals surface area (Å²) >= 11 is 0. The van der Waals surface area contributed by atoms with Gasteiger partial charge in [-0.25, -0.2) is 8.60 Å². The van der Waals surface area contributed by atoms with Gasteiger partial charge >= 0.3 is 0 Å². The molecule has 0 heterocycles. The molecule has 5 heteroatoms. The molecule has 0 fully saturated rings. The lowest BCUT2D eigenvalue weighted by atomic mass is 10.2. The van der Waals surface area contributed by atoms with Crippen molar-refractivity contribution in [1.29, 1.82) is 0 Å². The molecule has 0 aliphatic rings. The Labute approximate surface area is 146 Å². The van der Waals surface area contributed by atoms with Crippen molar-refractivity contribution in [3.63, 3.8) is 0 Å². The van der Waals surface area contributed by atoms with E-state index in [0.717, 1.165) is 5.56 Å². The number of nitrogens with zero attached hydrogens (tertiary/aromatic N) is 1. The monoisotopic (exact) mass is 353 g/mol. The summed E-state index contributed by atoms with van der Waals surface area (Å²) < 4.78 is 31.0. The zero-order chi connectivity index (χ0) is 17.9. The van der Waals surface area contributed by atoms with Gasteiger partial charge in [-0.3, -0.25) is 4.79 Å². The molecular weight excluding hydrogens is 337 g/mol. The maximum atomic E-state index is 13.7. The summed E-state index contributed by atoms with van der Waals surface area (Å²) in [4.78, 5) is 13.2. The van der Waals surface area contributed by atoms with Crippen molar-refractivity contribution in [2.24, 2.45) is 4.36 Å². The molecule has 3 aromatic rings. The van der Waals surface area contributed by atoms with Gasteiger partial charge in [-0.2, -0.15) is 0 Å². The molecule has 0 aromatic heterocycles. The summed E-state index contributed by atoms with van der Waals surface area (Å²) in [5.74, 6) is -1.01. The highest BCUT2D eigenvalue weighted by Crippen LogP contribution is 2.25. The van der Waals surface area contributed by atoms with Crippen LogP contribution in [0.2, 0.25) is 0 Å². The molecule has 0 aliphatic carbocycles. The Balaban J connectivity index is 2.20. The van der Waals surface area contributed by atoms with Crippen molar-refractivity contribution >= 4 is 15.6 Å². The number of hydrogen-bond acceptors (Lipinski definition) is 2. The number of benzene rings is 3. The first-order valence-corrected chi connectivity index (χ1v) is 9.19. The van der Waals surface area contributed by atoms with Crippen LogP contribution in [0.3, 0.4) is 0 Å². The molecule has 0 saturated carbocycles. The van der Waals surface area contributed by atoms with Crippen LogP contribution in [0.25, 0.3) is 0 Å². The number of carbonyl (C=O) groups excluding carboxylic acids is 1. The van der Waals surface area contributed by atoms with Gasteiger partial charge in [-0.15, -0.1) is 4.36 Å². The second-order valence-electron chi connectivity index (χ2n) is 5.56. The summed E-state index contributed by atoms with van der Waals surface area (Å²) in [6.07, 6.45) is 0. The summed E-state index contributed by atoms with van der Waals surface area (Å²) in [5, 5.41) is 0. The maximum Gasteiger partial charge on any atom is 0.285 e. The van der Waals surface area contributed by atoms with Gasteiger partial charge in [-0.1, -0.05) is 35.9 Å². The summed E-state index contributed by atoms with van der Waals surface area (Å²) in [7, 11) is -3.22. The zero-order valence-electron chi connectivity index (χ0n) is 13.6. The molecule has 0 saturated heterocycles. The molecule has 0 spiro atoms. The molecule has 0 N–H and O–H groups in total. The van der Waals surface area contributed by atoms with Crippen LogP contribution in [0.1, 0.15) is 15.9 Å². The van der Waals surface area contributed by atoms with Gasteiger partial charge in [0.15, 0.2) is 0 Å². The molecule has 3 aromatic carbocycles. The first kappa shape index (κ1) is 17.0. The van der Waals surface area contributed by atoms with Crippen molar-refractivity contribution in [3.05, 3.63) is 95.8 Å². The number of hydrogen-bond donors (Lipinski definition) is 0. The van der Waals surface area contributed by atoms with E-state index in [4.69, 9.17) is 0 Å². The fourth-order valence-corrected chi connectivity index (χ4v) is 4.17. The molecule has 0 radical (unpaired) electrons. The van der Waals surface area contributed by atoms with E-state index in [9.17, 15) is 13.4 Å². The number of amides is 1. The van der Waals surface area contributed by atoms with Crippen LogP contribution < -0.4 is 0 Å². The van der Waals surface area contributed by atoms with Crippen LogP contribution >= 0.6 is 0 Å². The van der Waals surface area contributed by atoms with E-state index < -0.39 is 21.5 Å². The molecule has 3 nitrogen and oxygen atoms in total. The third kappa shape index (κ3) is 3.67. The van der Waals surface area contributed by atoms with Crippen molar-refractivity contribution < 1.29 is 13.4 Å². The number of aryl methyl sites for hydroxylation is 1. The zero-order valence-corrected chi connectivity index (χ0v) is 14.4. The van der Waals surface area contributed by atoms with Crippen LogP contribution in [-0.2, 0) is 9.73 Å². The van der Waals surface area contributed by atoms with Crippen molar-refractivity contribution in [2.45, 2.75) is 16.7 Å². The predicted molar refractivity (Wildman–Crippen MR) is 95.5 cm³/mol. The third-order valence-electron chi connectivity index (χ3n) is 3.71. The lowest BCUT2D eigenvalue weighted by Crippen LogP contribution is -2.07. The smallest absolute Gasteiger partial charge is 0.266 e. The standard InChI is InChI=1S/C20H16FNO2S/c1-15-7-11-18(12-8-15)25(24,19-13-9-17(21)10-14-19)22-20(23)16-5-3-2-4-6-16/h2-14H,1H3. The van der Waals surface area contributed by atoms with E-state index in [2.05, 4.69) is 4.36 Å². The maximum absolute atomic E-state index is 13.7. The van der Waals surface area contributed by atoms with Crippen LogP contribution in [-0.4, -0.2) is 10.1 Å². The SMILES string of the molecule is Cc1ccc(S(=O)(=NC(=O)c2ccccc2)c2ccc(F)cc2)cc1. The van der Waals surface area contributed by atoms with E-state index in [1.165, 1.54) is 24.3 Å². The highest BCUT2D eigenvalue weighted by atomic mass is 32.2. The number of rotatable bonds is 3. The van der Waals surface area contributed by atoms with Crippen molar-refractivity contribution in [3.8, 4) is 0 Å². The molecule has 1 unspecified atom stereocenters. The normalized spacial score (nSPS) is 13.0. The minimum absolute atomic E-state index is 0.294. The lowest BCUT2D eigenvalue weighted by Gasteiger charge is -2.11. The molecule has 1 amide bonds. The quantitative estimate of drug-likeness (QED) is 0.675. The van der Waals surface area contributed by atoms with Gasteiger partial charge in [0, 0.05) is 5.56 Å². The molecule has 0 bridgehead atoms. The second-order valence-corrected chi connectivity index (χ2v) is 7.73. The van der Waals surface area contributed by atoms with Gasteiger partial charge < -0.3 is 0 Å². The molecule has 25 heavy (non-hydrogen) atoms. The predicted octanol–water partition coefficient (Wildman–Crippen LogP) is 4.86. The number of carbonyl (C=O) groups is 1. The first-order valence-electron chi connectivity index (χ1n) is 7.68. The van der Waals surface area contributed by atoms with E-state index in [-0.39, 0.29) is 0 Å². The number of halogens is 1. The second kappa shape index (κ2) is 6.99. The molecule has 0 aliphatic heterocycles. The first-order chi connectivity index (χ1) is 12.0. The van der Waals surface area contributed by atoms with Gasteiger partial charge in [0.1, 0.15) is 15.5 Å². The lowest BCUT2D eigenvalue weighted by molar-refractivity contribution is 0.100. The average Bonchev–Trinajstić information content (AvgIpc) is 2.63. The Bertz CT molecular complexity index is 952. The fourth-order valence-electron chi connectivity index (χ4n) is 2.33. The molecule has 1 atom stereocenters. The van der Waals surface area contributed by atoms with E-state index in [0.29, 0.717) is 15.4 Å². The third-order valence-corrected chi connectivity index (χ3v) is 5.95. The van der Waals surface area contributed by atoms with E-state index >= 15 is 0 Å². The van der Waals surface area contributed by atoms with E-state index in [1.54, 1.807) is 54.6 Å². The van der Waals surface area contributed by atoms with Gasteiger partial charge in [-0.05, 0) is 55.5 Å². The van der Waals surface area contributed by atoms with E-state index in [1.807, 2.05) is 6.92 Å². The van der Waals surface area contributed by atoms with Crippen LogP contribution in [0.4, 0.5) is 4.39 Å². The molecule has 3 rings (SSSR count). The topological polar surface area (TPSA) is 46.5 Å². The van der Waals surface area contributed by atoms with Gasteiger partial charge in [0.25, 0.3) is 5.91 Å². The molecular formula is C20H16FNO2S. The van der Waals surface area contributed by atoms with Gasteiger partial charge in [0.05, 0.1) is 9.79 Å². The van der Waals surface area contributed by atoms with Crippen LogP contribution in [0, 0.1) is 12.7 Å².